The van der Waals surface area contributed by atoms with Crippen molar-refractivity contribution in [2.24, 2.45) is 0 Å². The summed E-state index contributed by atoms with van der Waals surface area (Å²) < 4.78 is 55.7. The number of anilines is 1. The molecule has 1 amide bonds. The van der Waals surface area contributed by atoms with Crippen molar-refractivity contribution in [3.8, 4) is 5.75 Å². The second-order valence-electron chi connectivity index (χ2n) is 4.92. The van der Waals surface area contributed by atoms with E-state index >= 15 is 0 Å². The van der Waals surface area contributed by atoms with Crippen molar-refractivity contribution in [3.63, 3.8) is 0 Å². The lowest BCUT2D eigenvalue weighted by atomic mass is 10.3. The Balaban J connectivity index is 2.00. The molecule has 5 nitrogen and oxygen atoms in total. The fraction of sp³-hybridized carbons (Fsp3) is 0.188. The van der Waals surface area contributed by atoms with Gasteiger partial charge in [-0.2, -0.15) is 0 Å². The van der Waals surface area contributed by atoms with Crippen LogP contribution in [0.4, 0.5) is 14.5 Å². The molecule has 1 N–H and O–H groups in total. The number of rotatable bonds is 6. The first-order valence-electron chi connectivity index (χ1n) is 6.93. The van der Waals surface area contributed by atoms with Gasteiger partial charge in [0.15, 0.2) is 9.84 Å². The molecule has 0 radical (unpaired) electrons. The van der Waals surface area contributed by atoms with Crippen molar-refractivity contribution < 1.29 is 26.7 Å². The molecule has 0 unspecified atom stereocenters. The standard InChI is InChI=1S/C16H15F2NO4S/c1-23-12-3-5-13(6-4-12)24(21,22)9-8-16(20)19-15-10-11(17)2-7-14(15)18/h2-7,10H,8-9H2,1H3,(H,19,20). The summed E-state index contributed by atoms with van der Waals surface area (Å²) in [6.07, 6.45) is -0.385. The summed E-state index contributed by atoms with van der Waals surface area (Å²) >= 11 is 0. The molecule has 2 rings (SSSR count). The van der Waals surface area contributed by atoms with E-state index in [4.69, 9.17) is 4.74 Å². The van der Waals surface area contributed by atoms with Crippen molar-refractivity contribution >= 4 is 21.4 Å². The van der Waals surface area contributed by atoms with Gasteiger partial charge < -0.3 is 10.1 Å². The van der Waals surface area contributed by atoms with Crippen molar-refractivity contribution in [1.29, 1.82) is 0 Å². The normalized spacial score (nSPS) is 11.1. The van der Waals surface area contributed by atoms with Gasteiger partial charge in [0.2, 0.25) is 5.91 Å². The van der Waals surface area contributed by atoms with Gasteiger partial charge in [-0.05, 0) is 36.4 Å². The average molecular weight is 355 g/mol. The molecule has 0 bridgehead atoms. The SMILES string of the molecule is COc1ccc(S(=O)(=O)CCC(=O)Nc2cc(F)ccc2F)cc1. The third-order valence-corrected chi connectivity index (χ3v) is 4.95. The lowest BCUT2D eigenvalue weighted by Gasteiger charge is -2.08. The van der Waals surface area contributed by atoms with Crippen LogP contribution in [0.15, 0.2) is 47.4 Å². The van der Waals surface area contributed by atoms with Gasteiger partial charge in [-0.1, -0.05) is 0 Å². The van der Waals surface area contributed by atoms with Crippen LogP contribution in [0.3, 0.4) is 0 Å². The summed E-state index contributed by atoms with van der Waals surface area (Å²) in [5.74, 6) is -2.19. The molecule has 0 saturated carbocycles. The van der Waals surface area contributed by atoms with Crippen LogP contribution >= 0.6 is 0 Å². The minimum Gasteiger partial charge on any atom is -0.497 e. The molecule has 0 aliphatic carbocycles. The van der Waals surface area contributed by atoms with Gasteiger partial charge in [-0.25, -0.2) is 17.2 Å². The number of carbonyl (C=O) groups excluding carboxylic acids is 1. The van der Waals surface area contributed by atoms with Crippen LogP contribution < -0.4 is 10.1 Å². The number of hydrogen-bond acceptors (Lipinski definition) is 4. The van der Waals surface area contributed by atoms with Gasteiger partial charge >= 0.3 is 0 Å². The topological polar surface area (TPSA) is 72.5 Å². The van der Waals surface area contributed by atoms with Gasteiger partial charge in [0.25, 0.3) is 0 Å². The van der Waals surface area contributed by atoms with Crippen LogP contribution in [0.1, 0.15) is 6.42 Å². The summed E-state index contributed by atoms with van der Waals surface area (Å²) in [6, 6.07) is 8.35. The second kappa shape index (κ2) is 7.39. The quantitative estimate of drug-likeness (QED) is 0.865. The first-order valence-corrected chi connectivity index (χ1v) is 8.59. The molecule has 0 aromatic heterocycles. The molecular formula is C16H15F2NO4S. The van der Waals surface area contributed by atoms with E-state index in [2.05, 4.69) is 5.32 Å². The number of amides is 1. The highest BCUT2D eigenvalue weighted by atomic mass is 32.2. The van der Waals surface area contributed by atoms with Gasteiger partial charge in [0.1, 0.15) is 17.4 Å². The van der Waals surface area contributed by atoms with E-state index < -0.39 is 33.1 Å². The van der Waals surface area contributed by atoms with Gasteiger partial charge in [-0.3, -0.25) is 4.79 Å². The molecule has 0 saturated heterocycles. The maximum atomic E-state index is 13.4. The Morgan fingerprint density at radius 3 is 2.42 bits per heavy atom. The molecule has 24 heavy (non-hydrogen) atoms. The average Bonchev–Trinajstić information content (AvgIpc) is 2.56. The number of methoxy groups -OCH3 is 1. The fourth-order valence-corrected chi connectivity index (χ4v) is 3.17. The Labute approximate surface area is 138 Å². The molecule has 0 atom stereocenters. The molecule has 8 heteroatoms. The minimum absolute atomic E-state index is 0.0491. The van der Waals surface area contributed by atoms with E-state index in [9.17, 15) is 22.0 Å². The summed E-state index contributed by atoms with van der Waals surface area (Å²) in [5.41, 5.74) is -0.332. The first-order chi connectivity index (χ1) is 11.3. The summed E-state index contributed by atoms with van der Waals surface area (Å²) in [6.45, 7) is 0. The van der Waals surface area contributed by atoms with Crippen LogP contribution in [0.25, 0.3) is 0 Å². The van der Waals surface area contributed by atoms with Crippen LogP contribution in [0.2, 0.25) is 0 Å². The Morgan fingerprint density at radius 1 is 1.12 bits per heavy atom. The lowest BCUT2D eigenvalue weighted by molar-refractivity contribution is -0.115. The molecule has 0 heterocycles. The van der Waals surface area contributed by atoms with Crippen molar-refractivity contribution in [3.05, 3.63) is 54.1 Å². The zero-order chi connectivity index (χ0) is 17.7. The van der Waals surface area contributed by atoms with Crippen LogP contribution in [0, 0.1) is 11.6 Å². The molecule has 0 aliphatic rings. The smallest absolute Gasteiger partial charge is 0.225 e. The summed E-state index contributed by atoms with van der Waals surface area (Å²) in [5, 5.41) is 2.15. The molecule has 0 aliphatic heterocycles. The van der Waals surface area contributed by atoms with E-state index in [0.717, 1.165) is 18.2 Å². The molecule has 2 aromatic carbocycles. The van der Waals surface area contributed by atoms with E-state index in [-0.39, 0.29) is 17.0 Å². The van der Waals surface area contributed by atoms with Crippen molar-refractivity contribution in [2.45, 2.75) is 11.3 Å². The minimum atomic E-state index is -3.68. The third-order valence-electron chi connectivity index (χ3n) is 3.22. The molecule has 2 aromatic rings. The predicted molar refractivity (Wildman–Crippen MR) is 84.7 cm³/mol. The summed E-state index contributed by atoms with van der Waals surface area (Å²) in [7, 11) is -2.22. The Bertz CT molecular complexity index is 836. The number of nitrogens with one attached hydrogen (secondary N) is 1. The number of carbonyl (C=O) groups is 1. The number of benzene rings is 2. The highest BCUT2D eigenvalue weighted by Gasteiger charge is 2.17. The second-order valence-corrected chi connectivity index (χ2v) is 7.03. The van der Waals surface area contributed by atoms with Crippen molar-refractivity contribution in [1.82, 2.24) is 0 Å². The van der Waals surface area contributed by atoms with E-state index in [1.54, 1.807) is 0 Å². The van der Waals surface area contributed by atoms with Crippen molar-refractivity contribution in [2.75, 3.05) is 18.2 Å². The number of ether oxygens (including phenoxy) is 1. The largest absolute Gasteiger partial charge is 0.497 e. The van der Waals surface area contributed by atoms with Crippen LogP contribution in [0.5, 0.6) is 5.75 Å². The Hall–Kier alpha value is -2.48. The van der Waals surface area contributed by atoms with E-state index in [1.807, 2.05) is 0 Å². The van der Waals surface area contributed by atoms with Gasteiger partial charge in [0, 0.05) is 12.5 Å². The van der Waals surface area contributed by atoms with Crippen LogP contribution in [-0.2, 0) is 14.6 Å². The lowest BCUT2D eigenvalue weighted by Crippen LogP contribution is -2.18. The number of sulfone groups is 1. The molecular weight excluding hydrogens is 340 g/mol. The molecule has 0 spiro atoms. The number of halogens is 2. The Kier molecular flexibility index (Phi) is 5.50. The first kappa shape index (κ1) is 17.9. The summed E-state index contributed by atoms with van der Waals surface area (Å²) in [4.78, 5) is 11.8. The zero-order valence-corrected chi connectivity index (χ0v) is 13.6. The number of hydrogen-bond donors (Lipinski definition) is 1. The highest BCUT2D eigenvalue weighted by Crippen LogP contribution is 2.18. The van der Waals surface area contributed by atoms with Gasteiger partial charge in [0.05, 0.1) is 23.4 Å². The Morgan fingerprint density at radius 2 is 1.79 bits per heavy atom. The maximum Gasteiger partial charge on any atom is 0.225 e. The van der Waals surface area contributed by atoms with E-state index in [1.165, 1.54) is 31.4 Å². The van der Waals surface area contributed by atoms with Gasteiger partial charge in [-0.15, -0.1) is 0 Å². The maximum absolute atomic E-state index is 13.4. The predicted octanol–water partition coefficient (Wildman–Crippen LogP) is 2.78. The third kappa shape index (κ3) is 4.51. The molecule has 128 valence electrons. The fourth-order valence-electron chi connectivity index (χ4n) is 1.93. The molecule has 0 fully saturated rings. The monoisotopic (exact) mass is 355 g/mol. The highest BCUT2D eigenvalue weighted by molar-refractivity contribution is 7.91. The van der Waals surface area contributed by atoms with Crippen LogP contribution in [-0.4, -0.2) is 27.2 Å². The zero-order valence-electron chi connectivity index (χ0n) is 12.8. The van der Waals surface area contributed by atoms with E-state index in [0.29, 0.717) is 5.75 Å².